The van der Waals surface area contributed by atoms with Crippen LogP contribution in [-0.4, -0.2) is 119 Å². The lowest BCUT2D eigenvalue weighted by Gasteiger charge is -2.36. The van der Waals surface area contributed by atoms with E-state index in [0.717, 1.165) is 20.8 Å². The number of primary amides is 1. The standard InChI is InChI=1S/C54H68F2N6O15/c1-8-54(9-2)75-40-36(28-60-50(66)77-52(3,4)5)70-48(45(40)76-54)72-41(38(46(57)64)58-25-13-26-59-49(65)68-29-31-14-11-10-12-15-31)42-43-44(74-53(6,7)73-43)47(71-42)61-27-24-37(63)62(51(61)67)30-69-39(32-16-20-34(55)21-17-32)33-18-22-35(56)23-19-33/h10-12,14-24,27,36,38-45,47-48,58H,8-9,13,25-26,28-30H2,1-7H3,(H2,57,64)(H,59,65)(H,60,66)/t36-,38+,40-,41+,42-,43?,44?,45-,47-,48+/m1/s1. The maximum absolute atomic E-state index is 14.7. The summed E-state index contributed by atoms with van der Waals surface area (Å²) in [6.45, 7) is 11.9. The Bertz CT molecular complexity index is 2730. The summed E-state index contributed by atoms with van der Waals surface area (Å²) in [6.07, 6.45) is -10.0. The topological polar surface area (TPSA) is 250 Å². The SMILES string of the molecule is CCC1(CC)O[C@H]2[C@H](O[C@@H]([C@H](NCCCNC(=O)OCc3ccccc3)C(N)=O)[C@H]3O[C@@H](n4ccc(=O)n(COC(c5ccc(F)cc5)c5ccc(F)cc5)c4=O)C4OC(C)(C)OC43)O[C@H](CNC(=O)OC(C)(C)C)[C@H]2O1. The molecule has 4 aromatic rings. The van der Waals surface area contributed by atoms with Crippen molar-refractivity contribution >= 4 is 18.1 Å². The summed E-state index contributed by atoms with van der Waals surface area (Å²) in [5.41, 5.74) is 5.54. The summed E-state index contributed by atoms with van der Waals surface area (Å²) >= 11 is 0. The highest BCUT2D eigenvalue weighted by Gasteiger charge is 2.63. The normalized spacial score (nSPS) is 25.0. The number of carbonyl (C=O) groups excluding carboxylic acids is 3. The number of benzene rings is 3. The third-order valence-electron chi connectivity index (χ3n) is 13.5. The highest BCUT2D eigenvalue weighted by Crippen LogP contribution is 2.47. The highest BCUT2D eigenvalue weighted by molar-refractivity contribution is 5.80. The van der Waals surface area contributed by atoms with Crippen LogP contribution in [0.5, 0.6) is 0 Å². The lowest BCUT2D eigenvalue weighted by atomic mass is 9.98. The van der Waals surface area contributed by atoms with Crippen LogP contribution in [0, 0.1) is 11.6 Å². The Morgan fingerprint density at radius 2 is 1.42 bits per heavy atom. The van der Waals surface area contributed by atoms with Crippen LogP contribution in [0.2, 0.25) is 0 Å². The fraction of sp³-hybridized carbons (Fsp3) is 0.537. The van der Waals surface area contributed by atoms with Crippen molar-refractivity contribution in [2.45, 2.75) is 166 Å². The number of rotatable bonds is 22. The average Bonchev–Trinajstić information content (AvgIpc) is 4.13. The first-order valence-electron chi connectivity index (χ1n) is 25.7. The number of hydrogen-bond donors (Lipinski definition) is 4. The molecule has 0 bridgehead atoms. The Hall–Kier alpha value is -6.15. The molecule has 4 aliphatic rings. The van der Waals surface area contributed by atoms with E-state index < -0.39 is 132 Å². The van der Waals surface area contributed by atoms with E-state index >= 15 is 0 Å². The van der Waals surface area contributed by atoms with E-state index in [-0.39, 0.29) is 32.7 Å². The van der Waals surface area contributed by atoms with Crippen molar-refractivity contribution < 1.29 is 70.5 Å². The van der Waals surface area contributed by atoms with Crippen LogP contribution in [0.3, 0.4) is 0 Å². The van der Waals surface area contributed by atoms with Crippen LogP contribution in [0.15, 0.2) is 101 Å². The molecule has 0 radical (unpaired) electrons. The molecule has 5 heterocycles. The highest BCUT2D eigenvalue weighted by atomic mass is 19.1. The molecule has 3 amide bonds. The largest absolute Gasteiger partial charge is 0.445 e. The third kappa shape index (κ3) is 13.8. The fourth-order valence-electron chi connectivity index (χ4n) is 9.78. The number of alkyl carbamates (subject to hydrolysis) is 2. The van der Waals surface area contributed by atoms with Gasteiger partial charge in [-0.2, -0.15) is 0 Å². The lowest BCUT2D eigenvalue weighted by molar-refractivity contribution is -0.274. The van der Waals surface area contributed by atoms with Crippen LogP contribution in [0.1, 0.15) is 96.8 Å². The molecule has 8 rings (SSSR count). The zero-order chi connectivity index (χ0) is 55.2. The van der Waals surface area contributed by atoms with Gasteiger partial charge in [0, 0.05) is 25.4 Å². The summed E-state index contributed by atoms with van der Waals surface area (Å²) < 4.78 is 93.5. The van der Waals surface area contributed by atoms with E-state index in [9.17, 15) is 32.8 Å². The van der Waals surface area contributed by atoms with E-state index in [4.69, 9.17) is 53.1 Å². The molecule has 418 valence electrons. The second kappa shape index (κ2) is 24.3. The van der Waals surface area contributed by atoms with E-state index in [0.29, 0.717) is 24.0 Å². The van der Waals surface area contributed by atoms with Gasteiger partial charge in [-0.15, -0.1) is 0 Å². The number of halogens is 2. The molecule has 10 atom stereocenters. The number of ether oxygens (including phenoxy) is 10. The number of carbonyl (C=O) groups is 3. The van der Waals surface area contributed by atoms with Gasteiger partial charge in [-0.05, 0) is 101 Å². The second-order valence-corrected chi connectivity index (χ2v) is 20.6. The van der Waals surface area contributed by atoms with E-state index in [1.807, 2.05) is 44.2 Å². The number of nitrogens with two attached hydrogens (primary N) is 1. The molecule has 4 fully saturated rings. The quantitative estimate of drug-likeness (QED) is 0.0742. The Morgan fingerprint density at radius 3 is 2.04 bits per heavy atom. The summed E-state index contributed by atoms with van der Waals surface area (Å²) in [5, 5.41) is 8.62. The first kappa shape index (κ1) is 57.0. The molecule has 23 heteroatoms. The zero-order valence-corrected chi connectivity index (χ0v) is 44.0. The lowest BCUT2D eigenvalue weighted by Crippen LogP contribution is -2.59. The van der Waals surface area contributed by atoms with Crippen molar-refractivity contribution in [1.82, 2.24) is 25.1 Å². The first-order chi connectivity index (χ1) is 36.7. The molecule has 0 saturated carbocycles. The van der Waals surface area contributed by atoms with Crippen molar-refractivity contribution in [1.29, 1.82) is 0 Å². The molecular formula is C54H68F2N6O15. The number of fused-ring (bicyclic) bond motifs is 2. The van der Waals surface area contributed by atoms with Gasteiger partial charge >= 0.3 is 17.9 Å². The number of aromatic nitrogens is 2. The molecule has 21 nitrogen and oxygen atoms in total. The van der Waals surface area contributed by atoms with Crippen LogP contribution in [0.4, 0.5) is 18.4 Å². The molecule has 1 aromatic heterocycles. The molecule has 4 aliphatic heterocycles. The minimum atomic E-state index is -1.42. The maximum atomic E-state index is 14.7. The van der Waals surface area contributed by atoms with Gasteiger partial charge in [0.25, 0.3) is 5.56 Å². The second-order valence-electron chi connectivity index (χ2n) is 20.6. The molecule has 4 saturated heterocycles. The van der Waals surface area contributed by atoms with Crippen LogP contribution in [-0.2, 0) is 65.5 Å². The van der Waals surface area contributed by atoms with Gasteiger partial charge in [-0.3, -0.25) is 14.2 Å². The van der Waals surface area contributed by atoms with E-state index in [2.05, 4.69) is 16.0 Å². The summed E-state index contributed by atoms with van der Waals surface area (Å²) in [5.74, 6) is -4.26. The van der Waals surface area contributed by atoms with Gasteiger partial charge in [0.2, 0.25) is 5.91 Å². The number of nitrogens with zero attached hydrogens (tertiary/aromatic N) is 2. The van der Waals surface area contributed by atoms with Crippen molar-refractivity contribution in [3.05, 3.63) is 140 Å². The van der Waals surface area contributed by atoms with Crippen LogP contribution in [0.25, 0.3) is 0 Å². The minimum absolute atomic E-state index is 0.0622. The Labute approximate surface area is 443 Å². The van der Waals surface area contributed by atoms with Crippen LogP contribution < -0.4 is 32.9 Å². The zero-order valence-electron chi connectivity index (χ0n) is 44.0. The summed E-state index contributed by atoms with van der Waals surface area (Å²) in [4.78, 5) is 67.6. The van der Waals surface area contributed by atoms with E-state index in [1.165, 1.54) is 54.7 Å². The smallest absolute Gasteiger partial charge is 0.407 e. The maximum Gasteiger partial charge on any atom is 0.407 e. The first-order valence-corrected chi connectivity index (χ1v) is 25.7. The van der Waals surface area contributed by atoms with Crippen molar-refractivity contribution in [2.75, 3.05) is 19.6 Å². The van der Waals surface area contributed by atoms with E-state index in [1.54, 1.807) is 34.6 Å². The van der Waals surface area contributed by atoms with Gasteiger partial charge in [0.15, 0.2) is 24.1 Å². The van der Waals surface area contributed by atoms with Gasteiger partial charge < -0.3 is 69.1 Å². The van der Waals surface area contributed by atoms with Crippen molar-refractivity contribution in [3.8, 4) is 0 Å². The van der Waals surface area contributed by atoms with Gasteiger partial charge in [-0.1, -0.05) is 68.4 Å². The Morgan fingerprint density at radius 1 is 0.779 bits per heavy atom. The average molecular weight is 1080 g/mol. The van der Waals surface area contributed by atoms with Crippen LogP contribution >= 0.6 is 0 Å². The minimum Gasteiger partial charge on any atom is -0.445 e. The molecule has 3 aromatic carbocycles. The fourth-order valence-corrected chi connectivity index (χ4v) is 9.78. The van der Waals surface area contributed by atoms with Gasteiger partial charge in [-0.25, -0.2) is 27.7 Å². The monoisotopic (exact) mass is 1080 g/mol. The number of hydrogen-bond acceptors (Lipinski definition) is 16. The van der Waals surface area contributed by atoms with Gasteiger partial charge in [0.1, 0.15) is 85.4 Å². The van der Waals surface area contributed by atoms with Gasteiger partial charge in [0.05, 0.1) is 0 Å². The summed E-state index contributed by atoms with van der Waals surface area (Å²) in [7, 11) is 0. The molecular weight excluding hydrogens is 1010 g/mol. The molecule has 77 heavy (non-hydrogen) atoms. The summed E-state index contributed by atoms with van der Waals surface area (Å²) in [6, 6.07) is 19.7. The molecule has 2 unspecified atom stereocenters. The van der Waals surface area contributed by atoms with Crippen molar-refractivity contribution in [3.63, 3.8) is 0 Å². The third-order valence-corrected chi connectivity index (χ3v) is 13.5. The predicted octanol–water partition coefficient (Wildman–Crippen LogP) is 5.16. The number of nitrogens with one attached hydrogen (secondary N) is 3. The Balaban J connectivity index is 1.09. The molecule has 5 N–H and O–H groups in total. The number of amides is 3. The predicted molar refractivity (Wildman–Crippen MR) is 269 cm³/mol. The van der Waals surface area contributed by atoms with Crippen molar-refractivity contribution in [2.24, 2.45) is 5.73 Å². The molecule has 0 spiro atoms. The molecule has 0 aliphatic carbocycles. The Kier molecular flexibility index (Phi) is 18.0.